The van der Waals surface area contributed by atoms with Crippen molar-refractivity contribution in [2.75, 3.05) is 26.3 Å². The monoisotopic (exact) mass is 249 g/mol. The van der Waals surface area contributed by atoms with Crippen LogP contribution in [0.3, 0.4) is 0 Å². The van der Waals surface area contributed by atoms with Gasteiger partial charge in [-0.2, -0.15) is 0 Å². The van der Waals surface area contributed by atoms with Gasteiger partial charge in [-0.3, -0.25) is 0 Å². The van der Waals surface area contributed by atoms with Crippen LogP contribution in [-0.2, 0) is 11.2 Å². The van der Waals surface area contributed by atoms with E-state index in [1.165, 1.54) is 12.0 Å². The van der Waals surface area contributed by atoms with E-state index in [-0.39, 0.29) is 0 Å². The van der Waals surface area contributed by atoms with Crippen LogP contribution >= 0.6 is 0 Å². The summed E-state index contributed by atoms with van der Waals surface area (Å²) in [6, 6.07) is 10.6. The molecule has 1 aliphatic heterocycles. The molecule has 1 atom stereocenters. The van der Waals surface area contributed by atoms with Crippen molar-refractivity contribution < 1.29 is 9.84 Å². The maximum absolute atomic E-state index is 10.0. The van der Waals surface area contributed by atoms with Gasteiger partial charge < -0.3 is 15.2 Å². The molecule has 0 radical (unpaired) electrons. The molecule has 1 heterocycles. The van der Waals surface area contributed by atoms with Crippen LogP contribution in [0.5, 0.6) is 0 Å². The van der Waals surface area contributed by atoms with Gasteiger partial charge in [0.05, 0.1) is 6.61 Å². The Morgan fingerprint density at radius 3 is 2.78 bits per heavy atom. The average molecular weight is 249 g/mol. The van der Waals surface area contributed by atoms with E-state index in [0.29, 0.717) is 19.8 Å². The Labute approximate surface area is 109 Å². The number of rotatable bonds is 7. The van der Waals surface area contributed by atoms with Gasteiger partial charge in [0.2, 0.25) is 0 Å². The van der Waals surface area contributed by atoms with Crippen molar-refractivity contribution in [3.8, 4) is 0 Å². The van der Waals surface area contributed by atoms with Crippen molar-refractivity contribution in [2.24, 2.45) is 0 Å². The molecule has 0 aliphatic carbocycles. The molecule has 0 aromatic heterocycles. The molecule has 3 heteroatoms. The van der Waals surface area contributed by atoms with Gasteiger partial charge >= 0.3 is 0 Å². The Morgan fingerprint density at radius 1 is 1.22 bits per heavy atom. The molecule has 0 amide bonds. The molecule has 100 valence electrons. The smallest absolute Gasteiger partial charge is 0.102 e. The Morgan fingerprint density at radius 2 is 2.06 bits per heavy atom. The van der Waals surface area contributed by atoms with Crippen LogP contribution in [0.1, 0.15) is 24.8 Å². The number of hydrogen-bond donors (Lipinski definition) is 2. The fourth-order valence-corrected chi connectivity index (χ4v) is 2.28. The molecule has 0 saturated carbocycles. The number of benzene rings is 1. The van der Waals surface area contributed by atoms with E-state index < -0.39 is 5.60 Å². The lowest BCUT2D eigenvalue weighted by Gasteiger charge is -2.20. The maximum atomic E-state index is 10.0. The summed E-state index contributed by atoms with van der Waals surface area (Å²) in [4.78, 5) is 0. The highest BCUT2D eigenvalue weighted by atomic mass is 16.5. The van der Waals surface area contributed by atoms with Crippen molar-refractivity contribution in [1.29, 1.82) is 0 Å². The zero-order chi connectivity index (χ0) is 12.7. The second-order valence-electron chi connectivity index (χ2n) is 5.15. The van der Waals surface area contributed by atoms with Gasteiger partial charge in [-0.05, 0) is 31.4 Å². The molecular formula is C15H23NO2. The summed E-state index contributed by atoms with van der Waals surface area (Å²) < 4.78 is 5.21. The Balaban J connectivity index is 1.51. The predicted octanol–water partition coefficient (Wildman–Crippen LogP) is 1.75. The van der Waals surface area contributed by atoms with Crippen molar-refractivity contribution in [1.82, 2.24) is 5.32 Å². The van der Waals surface area contributed by atoms with Crippen molar-refractivity contribution in [3.63, 3.8) is 0 Å². The maximum Gasteiger partial charge on any atom is 0.102 e. The van der Waals surface area contributed by atoms with Crippen LogP contribution in [0.15, 0.2) is 30.3 Å². The lowest BCUT2D eigenvalue weighted by atomic mass is 10.0. The fraction of sp³-hybridized carbons (Fsp3) is 0.600. The average Bonchev–Trinajstić information content (AvgIpc) is 2.82. The van der Waals surface area contributed by atoms with Crippen molar-refractivity contribution in [2.45, 2.75) is 31.3 Å². The number of aryl methyl sites for hydroxylation is 1. The number of hydrogen-bond acceptors (Lipinski definition) is 3. The number of unbranched alkanes of at least 4 members (excludes halogenated alkanes) is 1. The number of ether oxygens (including phenoxy) is 1. The molecule has 18 heavy (non-hydrogen) atoms. The molecule has 2 N–H and O–H groups in total. The third-order valence-electron chi connectivity index (χ3n) is 3.45. The van der Waals surface area contributed by atoms with Gasteiger partial charge in [-0.15, -0.1) is 0 Å². The largest absolute Gasteiger partial charge is 0.386 e. The number of nitrogens with one attached hydrogen (secondary N) is 1. The van der Waals surface area contributed by atoms with Crippen LogP contribution in [0.25, 0.3) is 0 Å². The molecule has 0 bridgehead atoms. The molecule has 1 aromatic carbocycles. The predicted molar refractivity (Wildman–Crippen MR) is 72.6 cm³/mol. The highest BCUT2D eigenvalue weighted by molar-refractivity contribution is 5.14. The summed E-state index contributed by atoms with van der Waals surface area (Å²) in [5.74, 6) is 0. The highest BCUT2D eigenvalue weighted by Gasteiger charge is 2.31. The number of aliphatic hydroxyl groups is 1. The second kappa shape index (κ2) is 6.88. The highest BCUT2D eigenvalue weighted by Crippen LogP contribution is 2.16. The van der Waals surface area contributed by atoms with Crippen LogP contribution in [-0.4, -0.2) is 37.0 Å². The Bertz CT molecular complexity index is 334. The molecule has 1 aromatic rings. The zero-order valence-corrected chi connectivity index (χ0v) is 10.9. The molecule has 1 unspecified atom stereocenters. The summed E-state index contributed by atoms with van der Waals surface area (Å²) in [6.45, 7) is 2.78. The minimum atomic E-state index is -0.626. The summed E-state index contributed by atoms with van der Waals surface area (Å²) >= 11 is 0. The van der Waals surface area contributed by atoms with Gasteiger partial charge in [0.25, 0.3) is 0 Å². The summed E-state index contributed by atoms with van der Waals surface area (Å²) in [5.41, 5.74) is 0.778. The van der Waals surface area contributed by atoms with Crippen molar-refractivity contribution >= 4 is 0 Å². The standard InChI is InChI=1S/C15H23NO2/c17-15(9-11-18-13-15)12-16-10-5-4-8-14-6-2-1-3-7-14/h1-3,6-7,16-17H,4-5,8-13H2. The zero-order valence-electron chi connectivity index (χ0n) is 10.9. The van der Waals surface area contributed by atoms with E-state index in [2.05, 4.69) is 35.6 Å². The Hall–Kier alpha value is -0.900. The van der Waals surface area contributed by atoms with E-state index in [0.717, 1.165) is 25.8 Å². The molecule has 1 aliphatic rings. The van der Waals surface area contributed by atoms with Crippen LogP contribution in [0.4, 0.5) is 0 Å². The first-order chi connectivity index (χ1) is 8.79. The first kappa shape index (κ1) is 13.5. The molecule has 0 spiro atoms. The fourth-order valence-electron chi connectivity index (χ4n) is 2.28. The molecule has 1 fully saturated rings. The van der Waals surface area contributed by atoms with Gasteiger partial charge in [0.15, 0.2) is 0 Å². The first-order valence-electron chi connectivity index (χ1n) is 6.83. The summed E-state index contributed by atoms with van der Waals surface area (Å²) in [7, 11) is 0. The van der Waals surface area contributed by atoms with Gasteiger partial charge in [0.1, 0.15) is 5.60 Å². The SMILES string of the molecule is OC1(CNCCCCc2ccccc2)CCOC1. The minimum Gasteiger partial charge on any atom is -0.386 e. The molecule has 3 nitrogen and oxygen atoms in total. The van der Waals surface area contributed by atoms with E-state index >= 15 is 0 Å². The lowest BCUT2D eigenvalue weighted by Crippen LogP contribution is -2.41. The lowest BCUT2D eigenvalue weighted by molar-refractivity contribution is 0.0272. The van der Waals surface area contributed by atoms with Crippen LogP contribution < -0.4 is 5.32 Å². The van der Waals surface area contributed by atoms with E-state index in [4.69, 9.17) is 4.74 Å². The quantitative estimate of drug-likeness (QED) is 0.723. The second-order valence-corrected chi connectivity index (χ2v) is 5.15. The van der Waals surface area contributed by atoms with Crippen LogP contribution in [0.2, 0.25) is 0 Å². The van der Waals surface area contributed by atoms with Gasteiger partial charge in [-0.25, -0.2) is 0 Å². The first-order valence-corrected chi connectivity index (χ1v) is 6.83. The molecular weight excluding hydrogens is 226 g/mol. The topological polar surface area (TPSA) is 41.5 Å². The Kier molecular flexibility index (Phi) is 5.17. The third-order valence-corrected chi connectivity index (χ3v) is 3.45. The minimum absolute atomic E-state index is 0.476. The van der Waals surface area contributed by atoms with E-state index in [1.54, 1.807) is 0 Å². The van der Waals surface area contributed by atoms with Gasteiger partial charge in [-0.1, -0.05) is 30.3 Å². The van der Waals surface area contributed by atoms with Gasteiger partial charge in [0, 0.05) is 19.6 Å². The summed E-state index contributed by atoms with van der Waals surface area (Å²) in [6.07, 6.45) is 4.22. The van der Waals surface area contributed by atoms with Crippen LogP contribution in [0, 0.1) is 0 Å². The van der Waals surface area contributed by atoms with Crippen molar-refractivity contribution in [3.05, 3.63) is 35.9 Å². The van der Waals surface area contributed by atoms with E-state index in [1.807, 2.05) is 0 Å². The normalized spacial score (nSPS) is 23.4. The third kappa shape index (κ3) is 4.41. The molecule has 2 rings (SSSR count). The van der Waals surface area contributed by atoms with E-state index in [9.17, 15) is 5.11 Å². The molecule has 1 saturated heterocycles. The summed E-state index contributed by atoms with van der Waals surface area (Å²) in [5, 5.41) is 13.4.